The molecular formula is C17H13ClN2O2S. The number of fused-ring (bicyclic) bond motifs is 1. The van der Waals surface area contributed by atoms with E-state index in [1.165, 1.54) is 17.4 Å². The number of carbonyl (C=O) groups is 1. The maximum atomic E-state index is 12.0. The zero-order valence-corrected chi connectivity index (χ0v) is 13.8. The number of ether oxygens (including phenoxy) is 1. The Bertz CT molecular complexity index is 856. The van der Waals surface area contributed by atoms with Gasteiger partial charge >= 0.3 is 0 Å². The van der Waals surface area contributed by atoms with E-state index in [4.69, 9.17) is 16.3 Å². The molecule has 4 nitrogen and oxygen atoms in total. The van der Waals surface area contributed by atoms with Crippen LogP contribution in [-0.4, -0.2) is 18.0 Å². The minimum Gasteiger partial charge on any atom is -0.495 e. The highest BCUT2D eigenvalue weighted by Gasteiger charge is 2.04. The number of hydrogen-bond acceptors (Lipinski definition) is 4. The van der Waals surface area contributed by atoms with Gasteiger partial charge < -0.3 is 10.1 Å². The monoisotopic (exact) mass is 344 g/mol. The van der Waals surface area contributed by atoms with Crippen molar-refractivity contribution in [2.45, 2.75) is 0 Å². The number of thiazole rings is 1. The first-order valence-electron chi connectivity index (χ1n) is 6.84. The molecule has 0 fully saturated rings. The summed E-state index contributed by atoms with van der Waals surface area (Å²) in [5.41, 5.74) is 1.54. The fraction of sp³-hybridized carbons (Fsp3) is 0.0588. The molecule has 0 saturated heterocycles. The molecule has 0 aliphatic carbocycles. The normalized spacial score (nSPS) is 11.0. The van der Waals surface area contributed by atoms with Gasteiger partial charge in [-0.3, -0.25) is 4.79 Å². The lowest BCUT2D eigenvalue weighted by atomic mass is 10.3. The van der Waals surface area contributed by atoms with E-state index in [-0.39, 0.29) is 5.91 Å². The number of anilines is 1. The average Bonchev–Trinajstić information content (AvgIpc) is 2.96. The van der Waals surface area contributed by atoms with Crippen LogP contribution in [-0.2, 0) is 4.79 Å². The van der Waals surface area contributed by atoms with Crippen LogP contribution in [0.25, 0.3) is 16.3 Å². The fourth-order valence-corrected chi connectivity index (χ4v) is 3.16. The summed E-state index contributed by atoms with van der Waals surface area (Å²) < 4.78 is 6.17. The van der Waals surface area contributed by atoms with E-state index in [1.54, 1.807) is 31.4 Å². The summed E-state index contributed by atoms with van der Waals surface area (Å²) in [4.78, 5) is 16.4. The highest BCUT2D eigenvalue weighted by molar-refractivity contribution is 7.19. The van der Waals surface area contributed by atoms with Crippen LogP contribution in [0, 0.1) is 0 Å². The van der Waals surface area contributed by atoms with Crippen LogP contribution in [0.3, 0.4) is 0 Å². The second kappa shape index (κ2) is 6.81. The standard InChI is InChI=1S/C17H13ClN2O2S/c1-22-14-7-6-11(10-12(14)18)19-16(21)8-9-17-20-13-4-2-3-5-15(13)23-17/h2-10H,1H3,(H,19,21)/b9-8+. The fourth-order valence-electron chi connectivity index (χ4n) is 2.04. The number of benzene rings is 2. The third-order valence-electron chi connectivity index (χ3n) is 3.11. The van der Waals surface area contributed by atoms with E-state index in [0.29, 0.717) is 16.5 Å². The molecule has 0 atom stereocenters. The third kappa shape index (κ3) is 3.70. The number of aromatic nitrogens is 1. The Morgan fingerprint density at radius 3 is 2.87 bits per heavy atom. The molecule has 1 N–H and O–H groups in total. The molecular weight excluding hydrogens is 332 g/mol. The van der Waals surface area contributed by atoms with Gasteiger partial charge in [-0.2, -0.15) is 0 Å². The zero-order chi connectivity index (χ0) is 16.2. The van der Waals surface area contributed by atoms with Crippen LogP contribution in [0.2, 0.25) is 5.02 Å². The van der Waals surface area contributed by atoms with E-state index in [0.717, 1.165) is 15.2 Å². The van der Waals surface area contributed by atoms with Gasteiger partial charge in [0.05, 0.1) is 22.3 Å². The predicted molar refractivity (Wildman–Crippen MR) is 95.3 cm³/mol. The smallest absolute Gasteiger partial charge is 0.248 e. The van der Waals surface area contributed by atoms with Crippen molar-refractivity contribution >= 4 is 50.8 Å². The van der Waals surface area contributed by atoms with Crippen LogP contribution >= 0.6 is 22.9 Å². The third-order valence-corrected chi connectivity index (χ3v) is 4.40. The Kier molecular flexibility index (Phi) is 4.60. The van der Waals surface area contributed by atoms with Crippen LogP contribution < -0.4 is 10.1 Å². The van der Waals surface area contributed by atoms with Crippen LogP contribution in [0.1, 0.15) is 5.01 Å². The minimum atomic E-state index is -0.245. The van der Waals surface area contributed by atoms with Gasteiger partial charge in [0, 0.05) is 11.8 Å². The lowest BCUT2D eigenvalue weighted by molar-refractivity contribution is -0.111. The second-order valence-corrected chi connectivity index (χ2v) is 6.16. The topological polar surface area (TPSA) is 51.2 Å². The van der Waals surface area contributed by atoms with Gasteiger partial charge in [0.15, 0.2) is 0 Å². The molecule has 0 unspecified atom stereocenters. The molecule has 2 aromatic carbocycles. The quantitative estimate of drug-likeness (QED) is 0.703. The minimum absolute atomic E-state index is 0.245. The molecule has 6 heteroatoms. The summed E-state index contributed by atoms with van der Waals surface area (Å²) in [6.45, 7) is 0. The van der Waals surface area contributed by atoms with Gasteiger partial charge in [-0.05, 0) is 36.4 Å². The number of nitrogens with one attached hydrogen (secondary N) is 1. The zero-order valence-electron chi connectivity index (χ0n) is 12.2. The maximum Gasteiger partial charge on any atom is 0.248 e. The molecule has 3 aromatic rings. The lowest BCUT2D eigenvalue weighted by Gasteiger charge is -2.06. The van der Waals surface area contributed by atoms with Crippen molar-refractivity contribution in [1.82, 2.24) is 4.98 Å². The van der Waals surface area contributed by atoms with Crippen LogP contribution in [0.15, 0.2) is 48.5 Å². The Morgan fingerprint density at radius 2 is 2.13 bits per heavy atom. The van der Waals surface area contributed by atoms with Gasteiger partial charge in [-0.15, -0.1) is 11.3 Å². The molecule has 0 aliphatic heterocycles. The van der Waals surface area contributed by atoms with Crippen molar-refractivity contribution in [2.75, 3.05) is 12.4 Å². The Hall–Kier alpha value is -2.37. The van der Waals surface area contributed by atoms with E-state index in [1.807, 2.05) is 24.3 Å². The first-order chi connectivity index (χ1) is 11.2. The Balaban J connectivity index is 1.70. The second-order valence-electron chi connectivity index (χ2n) is 4.69. The molecule has 0 aliphatic rings. The van der Waals surface area contributed by atoms with E-state index in [2.05, 4.69) is 10.3 Å². The summed E-state index contributed by atoms with van der Waals surface area (Å²) in [5, 5.41) is 3.98. The van der Waals surface area contributed by atoms with Crippen LogP contribution in [0.5, 0.6) is 5.75 Å². The number of methoxy groups -OCH3 is 1. The number of halogens is 1. The molecule has 0 spiro atoms. The maximum absolute atomic E-state index is 12.0. The molecule has 1 aromatic heterocycles. The molecule has 0 saturated carbocycles. The van der Waals surface area contributed by atoms with Crippen molar-refractivity contribution in [1.29, 1.82) is 0 Å². The molecule has 0 radical (unpaired) electrons. The SMILES string of the molecule is COc1ccc(NC(=O)/C=C/c2nc3ccccc3s2)cc1Cl. The predicted octanol–water partition coefficient (Wildman–Crippen LogP) is 4.61. The molecule has 3 rings (SSSR count). The van der Waals surface area contributed by atoms with Crippen LogP contribution in [0.4, 0.5) is 5.69 Å². The number of rotatable bonds is 4. The van der Waals surface area contributed by atoms with Crippen molar-refractivity contribution in [3.63, 3.8) is 0 Å². The summed E-state index contributed by atoms with van der Waals surface area (Å²) in [6, 6.07) is 12.9. The van der Waals surface area contributed by atoms with Gasteiger partial charge in [0.2, 0.25) is 5.91 Å². The first-order valence-corrected chi connectivity index (χ1v) is 8.03. The largest absolute Gasteiger partial charge is 0.495 e. The average molecular weight is 345 g/mol. The molecule has 0 bridgehead atoms. The van der Waals surface area contributed by atoms with E-state index in [9.17, 15) is 4.79 Å². The van der Waals surface area contributed by atoms with Gasteiger partial charge in [-0.25, -0.2) is 4.98 Å². The first kappa shape index (κ1) is 15.5. The number of hydrogen-bond donors (Lipinski definition) is 1. The summed E-state index contributed by atoms with van der Waals surface area (Å²) in [7, 11) is 1.54. The van der Waals surface area contributed by atoms with Crippen molar-refractivity contribution in [2.24, 2.45) is 0 Å². The number of amides is 1. The van der Waals surface area contributed by atoms with E-state index < -0.39 is 0 Å². The highest BCUT2D eigenvalue weighted by atomic mass is 35.5. The molecule has 1 amide bonds. The highest BCUT2D eigenvalue weighted by Crippen LogP contribution is 2.27. The van der Waals surface area contributed by atoms with Gasteiger partial charge in [0.25, 0.3) is 0 Å². The van der Waals surface area contributed by atoms with Gasteiger partial charge in [-0.1, -0.05) is 23.7 Å². The van der Waals surface area contributed by atoms with Crippen molar-refractivity contribution < 1.29 is 9.53 Å². The summed E-state index contributed by atoms with van der Waals surface area (Å²) in [6.07, 6.45) is 3.15. The van der Waals surface area contributed by atoms with E-state index >= 15 is 0 Å². The summed E-state index contributed by atoms with van der Waals surface area (Å²) >= 11 is 7.57. The Labute approximate surface area is 142 Å². The van der Waals surface area contributed by atoms with Crippen molar-refractivity contribution in [3.8, 4) is 5.75 Å². The molecule has 1 heterocycles. The Morgan fingerprint density at radius 1 is 1.30 bits per heavy atom. The van der Waals surface area contributed by atoms with Gasteiger partial charge in [0.1, 0.15) is 10.8 Å². The lowest BCUT2D eigenvalue weighted by Crippen LogP contribution is -2.07. The summed E-state index contributed by atoms with van der Waals surface area (Å²) in [5.74, 6) is 0.320. The molecule has 23 heavy (non-hydrogen) atoms. The number of carbonyl (C=O) groups excluding carboxylic acids is 1. The number of para-hydroxylation sites is 1. The number of nitrogens with zero attached hydrogens (tertiary/aromatic N) is 1. The molecule has 116 valence electrons. The van der Waals surface area contributed by atoms with Crippen molar-refractivity contribution in [3.05, 3.63) is 58.6 Å².